The predicted molar refractivity (Wildman–Crippen MR) is 114 cm³/mol. The summed E-state index contributed by atoms with van der Waals surface area (Å²) in [5, 5.41) is 2.07. The summed E-state index contributed by atoms with van der Waals surface area (Å²) in [6, 6.07) is 11.0. The van der Waals surface area contributed by atoms with E-state index in [0.29, 0.717) is 38.4 Å². The van der Waals surface area contributed by atoms with Crippen LogP contribution < -0.4 is 4.90 Å². The summed E-state index contributed by atoms with van der Waals surface area (Å²) in [7, 11) is 0. The average Bonchev–Trinajstić information content (AvgIpc) is 3.43. The van der Waals surface area contributed by atoms with Gasteiger partial charge in [0.1, 0.15) is 5.82 Å². The third kappa shape index (κ3) is 5.35. The van der Waals surface area contributed by atoms with Crippen molar-refractivity contribution in [1.29, 1.82) is 0 Å². The second kappa shape index (κ2) is 9.69. The maximum Gasteiger partial charge on any atom is 0.236 e. The van der Waals surface area contributed by atoms with E-state index in [1.165, 1.54) is 10.9 Å². The minimum absolute atomic E-state index is 0.146. The minimum atomic E-state index is -0.203. The molecule has 0 spiro atoms. The molecule has 7 heteroatoms. The van der Waals surface area contributed by atoms with Crippen molar-refractivity contribution in [2.24, 2.45) is 0 Å². The van der Waals surface area contributed by atoms with Gasteiger partial charge in [-0.15, -0.1) is 11.3 Å². The van der Waals surface area contributed by atoms with E-state index in [0.717, 1.165) is 32.5 Å². The van der Waals surface area contributed by atoms with E-state index in [2.05, 4.69) is 16.3 Å². The quantitative estimate of drug-likeness (QED) is 0.693. The van der Waals surface area contributed by atoms with Crippen LogP contribution >= 0.6 is 11.3 Å². The van der Waals surface area contributed by atoms with Crippen molar-refractivity contribution in [3.05, 3.63) is 52.5 Å². The van der Waals surface area contributed by atoms with E-state index < -0.39 is 0 Å². The third-order valence-corrected chi connectivity index (χ3v) is 6.49. The third-order valence-electron chi connectivity index (χ3n) is 5.63. The molecule has 5 nitrogen and oxygen atoms in total. The van der Waals surface area contributed by atoms with Crippen LogP contribution in [0, 0.1) is 5.82 Å². The number of ether oxygens (including phenoxy) is 1. The summed E-state index contributed by atoms with van der Waals surface area (Å²) in [5.74, 6) is -0.0568. The Balaban J connectivity index is 1.33. The van der Waals surface area contributed by atoms with Gasteiger partial charge in [0.2, 0.25) is 5.91 Å². The highest BCUT2D eigenvalue weighted by molar-refractivity contribution is 7.09. The molecule has 0 N–H and O–H groups in total. The van der Waals surface area contributed by atoms with Gasteiger partial charge in [-0.1, -0.05) is 18.2 Å². The molecule has 0 bridgehead atoms. The van der Waals surface area contributed by atoms with Crippen LogP contribution in [0.15, 0.2) is 41.8 Å². The van der Waals surface area contributed by atoms with Crippen molar-refractivity contribution >= 4 is 22.9 Å². The number of hydrogen-bond acceptors (Lipinski definition) is 5. The van der Waals surface area contributed by atoms with Gasteiger partial charge in [-0.05, 0) is 36.4 Å². The van der Waals surface area contributed by atoms with Crippen LogP contribution in [0.5, 0.6) is 0 Å². The van der Waals surface area contributed by atoms with Gasteiger partial charge in [0.05, 0.1) is 18.3 Å². The van der Waals surface area contributed by atoms with Crippen molar-refractivity contribution in [3.63, 3.8) is 0 Å². The number of anilines is 1. The standard InChI is InChI=1S/C22H28FN3O2S/c23-20-7-1-2-8-21(20)25-9-11-26(12-10-25)22(27)17-24(15-18-5-3-13-28-18)16-19-6-4-14-29-19/h1-2,4,6-8,14,18H,3,5,9-13,15-17H2. The molecular weight excluding hydrogens is 389 g/mol. The molecule has 1 atom stereocenters. The number of carbonyl (C=O) groups is 1. The van der Waals surface area contributed by atoms with E-state index in [4.69, 9.17) is 4.74 Å². The fraction of sp³-hybridized carbons (Fsp3) is 0.500. The summed E-state index contributed by atoms with van der Waals surface area (Å²) < 4.78 is 19.8. The monoisotopic (exact) mass is 417 g/mol. The molecule has 0 radical (unpaired) electrons. The highest BCUT2D eigenvalue weighted by Gasteiger charge is 2.26. The van der Waals surface area contributed by atoms with Crippen LogP contribution in [0.3, 0.4) is 0 Å². The SMILES string of the molecule is O=C(CN(Cc1cccs1)CC1CCCO1)N1CCN(c2ccccc2F)CC1. The molecule has 2 aliphatic heterocycles. The molecule has 29 heavy (non-hydrogen) atoms. The Morgan fingerprint density at radius 1 is 1.17 bits per heavy atom. The zero-order chi connectivity index (χ0) is 20.1. The number of hydrogen-bond donors (Lipinski definition) is 0. The molecule has 0 saturated carbocycles. The van der Waals surface area contributed by atoms with Crippen LogP contribution in [-0.2, 0) is 16.1 Å². The number of para-hydroxylation sites is 1. The van der Waals surface area contributed by atoms with Crippen LogP contribution in [0.4, 0.5) is 10.1 Å². The summed E-state index contributed by atoms with van der Waals surface area (Å²) in [6.07, 6.45) is 2.39. The molecule has 1 aromatic carbocycles. The smallest absolute Gasteiger partial charge is 0.236 e. The number of halogens is 1. The number of carbonyl (C=O) groups excluding carboxylic acids is 1. The molecule has 2 aliphatic rings. The molecule has 2 aromatic rings. The number of thiophene rings is 1. The Morgan fingerprint density at radius 3 is 2.69 bits per heavy atom. The minimum Gasteiger partial charge on any atom is -0.377 e. The number of piperazine rings is 1. The van der Waals surface area contributed by atoms with E-state index in [9.17, 15) is 9.18 Å². The highest BCUT2D eigenvalue weighted by Crippen LogP contribution is 2.21. The Morgan fingerprint density at radius 2 is 2.00 bits per heavy atom. The molecule has 4 rings (SSSR count). The van der Waals surface area contributed by atoms with E-state index in [-0.39, 0.29) is 17.8 Å². The zero-order valence-corrected chi connectivity index (χ0v) is 17.5. The van der Waals surface area contributed by atoms with Gasteiger partial charge in [-0.25, -0.2) is 4.39 Å². The van der Waals surface area contributed by atoms with Gasteiger partial charge in [-0.3, -0.25) is 9.69 Å². The summed E-state index contributed by atoms with van der Waals surface area (Å²) in [4.78, 5) is 20.4. The van der Waals surface area contributed by atoms with Gasteiger partial charge < -0.3 is 14.5 Å². The predicted octanol–water partition coefficient (Wildman–Crippen LogP) is 3.22. The van der Waals surface area contributed by atoms with Crippen molar-refractivity contribution < 1.29 is 13.9 Å². The Bertz CT molecular complexity index is 787. The van der Waals surface area contributed by atoms with Crippen LogP contribution in [0.1, 0.15) is 17.7 Å². The van der Waals surface area contributed by atoms with Gasteiger partial charge >= 0.3 is 0 Å². The second-order valence-electron chi connectivity index (χ2n) is 7.70. The van der Waals surface area contributed by atoms with Crippen LogP contribution in [0.25, 0.3) is 0 Å². The second-order valence-corrected chi connectivity index (χ2v) is 8.74. The normalized spacial score (nSPS) is 19.9. The largest absolute Gasteiger partial charge is 0.377 e. The molecular formula is C22H28FN3O2S. The molecule has 2 saturated heterocycles. The number of rotatable bonds is 7. The lowest BCUT2D eigenvalue weighted by Crippen LogP contribution is -2.51. The fourth-order valence-electron chi connectivity index (χ4n) is 4.08. The van der Waals surface area contributed by atoms with Gasteiger partial charge in [0, 0.05) is 50.8 Å². The lowest BCUT2D eigenvalue weighted by Gasteiger charge is -2.37. The average molecular weight is 418 g/mol. The van der Waals surface area contributed by atoms with Gasteiger partial charge in [0.25, 0.3) is 0 Å². The number of nitrogens with zero attached hydrogens (tertiary/aromatic N) is 3. The van der Waals surface area contributed by atoms with Crippen LogP contribution in [-0.4, -0.2) is 67.7 Å². The van der Waals surface area contributed by atoms with Crippen molar-refractivity contribution in [2.75, 3.05) is 50.8 Å². The molecule has 1 unspecified atom stereocenters. The molecule has 156 valence electrons. The molecule has 3 heterocycles. The first kappa shape index (κ1) is 20.3. The number of benzene rings is 1. The summed E-state index contributed by atoms with van der Waals surface area (Å²) in [5.41, 5.74) is 0.623. The number of amides is 1. The van der Waals surface area contributed by atoms with Crippen molar-refractivity contribution in [2.45, 2.75) is 25.5 Å². The maximum atomic E-state index is 14.0. The molecule has 0 aliphatic carbocycles. The Kier molecular flexibility index (Phi) is 6.79. The lowest BCUT2D eigenvalue weighted by atomic mass is 10.2. The summed E-state index contributed by atoms with van der Waals surface area (Å²) >= 11 is 1.72. The van der Waals surface area contributed by atoms with Crippen LogP contribution in [0.2, 0.25) is 0 Å². The topological polar surface area (TPSA) is 36.0 Å². The fourth-order valence-corrected chi connectivity index (χ4v) is 4.83. The van der Waals surface area contributed by atoms with E-state index >= 15 is 0 Å². The summed E-state index contributed by atoms with van der Waals surface area (Å²) in [6.45, 7) is 5.35. The van der Waals surface area contributed by atoms with E-state index in [1.807, 2.05) is 21.9 Å². The maximum absolute atomic E-state index is 14.0. The molecule has 1 amide bonds. The van der Waals surface area contributed by atoms with Crippen molar-refractivity contribution in [1.82, 2.24) is 9.80 Å². The van der Waals surface area contributed by atoms with E-state index in [1.54, 1.807) is 23.5 Å². The zero-order valence-electron chi connectivity index (χ0n) is 16.6. The first-order chi connectivity index (χ1) is 14.2. The molecule has 2 fully saturated rings. The van der Waals surface area contributed by atoms with Gasteiger partial charge in [0.15, 0.2) is 0 Å². The van der Waals surface area contributed by atoms with Gasteiger partial charge in [-0.2, -0.15) is 0 Å². The van der Waals surface area contributed by atoms with Crippen molar-refractivity contribution in [3.8, 4) is 0 Å². The molecule has 1 aromatic heterocycles. The highest BCUT2D eigenvalue weighted by atomic mass is 32.1. The Labute approximate surface area is 175 Å². The first-order valence-corrected chi connectivity index (χ1v) is 11.2. The Hall–Kier alpha value is -1.96. The lowest BCUT2D eigenvalue weighted by molar-refractivity contribution is -0.133. The first-order valence-electron chi connectivity index (χ1n) is 10.3.